The monoisotopic (exact) mass is 474 g/mol. The first kappa shape index (κ1) is 21.0. The summed E-state index contributed by atoms with van der Waals surface area (Å²) in [4.78, 5) is 14.0. The van der Waals surface area contributed by atoms with Crippen LogP contribution in [0.5, 0.6) is 5.75 Å². The Labute approximate surface area is 196 Å². The molecule has 2 aromatic rings. The van der Waals surface area contributed by atoms with Gasteiger partial charge in [-0.2, -0.15) is 0 Å². The van der Waals surface area contributed by atoms with E-state index in [9.17, 15) is 13.2 Å². The molecule has 6 fully saturated rings. The summed E-state index contributed by atoms with van der Waals surface area (Å²) in [6.07, 6.45) is 3.36. The Morgan fingerprint density at radius 3 is 2.62 bits per heavy atom. The molecule has 2 unspecified atom stereocenters. The number of nitrogens with zero attached hydrogens (tertiary/aromatic N) is 5. The normalized spacial score (nSPS) is 34.8. The highest BCUT2D eigenvalue weighted by molar-refractivity contribution is 5.64. The largest absolute Gasteiger partial charge is 0.573 e. The summed E-state index contributed by atoms with van der Waals surface area (Å²) in [5, 5.41) is 0. The van der Waals surface area contributed by atoms with E-state index < -0.39 is 12.1 Å². The van der Waals surface area contributed by atoms with Gasteiger partial charge < -0.3 is 19.9 Å². The zero-order chi connectivity index (χ0) is 23.4. The highest BCUT2D eigenvalue weighted by Gasteiger charge is 2.93. The molecule has 5 saturated carbocycles. The molecule has 0 spiro atoms. The van der Waals surface area contributed by atoms with Crippen LogP contribution in [-0.2, 0) is 12.0 Å². The number of aromatic nitrogens is 3. The van der Waals surface area contributed by atoms with Crippen molar-refractivity contribution in [2.45, 2.75) is 43.6 Å². The van der Waals surface area contributed by atoms with Crippen LogP contribution in [-0.4, -0.2) is 70.0 Å². The number of alkyl halides is 3. The molecule has 0 amide bonds. The van der Waals surface area contributed by atoms with Crippen molar-refractivity contribution in [2.75, 3.05) is 39.0 Å². The van der Waals surface area contributed by atoms with Crippen molar-refractivity contribution in [3.63, 3.8) is 0 Å². The Morgan fingerprint density at radius 1 is 1.18 bits per heavy atom. The van der Waals surface area contributed by atoms with Crippen LogP contribution in [0, 0.1) is 23.7 Å². The van der Waals surface area contributed by atoms with Crippen molar-refractivity contribution in [1.29, 1.82) is 0 Å². The van der Waals surface area contributed by atoms with Crippen molar-refractivity contribution in [1.82, 2.24) is 24.3 Å². The lowest BCUT2D eigenvalue weighted by Crippen LogP contribution is -2.49. The van der Waals surface area contributed by atoms with Crippen LogP contribution in [0.3, 0.4) is 0 Å². The fourth-order valence-electron chi connectivity index (χ4n) is 7.06. The van der Waals surface area contributed by atoms with Crippen molar-refractivity contribution in [3.05, 3.63) is 24.3 Å². The van der Waals surface area contributed by atoms with E-state index in [1.807, 2.05) is 0 Å². The number of nitrogen functional groups attached to an aromatic ring is 1. The van der Waals surface area contributed by atoms with Crippen molar-refractivity contribution in [2.24, 2.45) is 23.7 Å². The first-order valence-corrected chi connectivity index (χ1v) is 12.3. The molecule has 7 nitrogen and oxygen atoms in total. The van der Waals surface area contributed by atoms with Gasteiger partial charge in [0.15, 0.2) is 11.6 Å². The van der Waals surface area contributed by atoms with Gasteiger partial charge in [0, 0.05) is 62.5 Å². The molecular weight excluding hydrogens is 445 g/mol. The molecule has 5 atom stereocenters. The van der Waals surface area contributed by atoms with Crippen LogP contribution in [0.4, 0.5) is 19.0 Å². The van der Waals surface area contributed by atoms with Crippen molar-refractivity contribution < 1.29 is 17.9 Å². The lowest BCUT2D eigenvalue weighted by atomic mass is 10.1. The van der Waals surface area contributed by atoms with Gasteiger partial charge in [-0.3, -0.25) is 4.90 Å². The third-order valence-electron chi connectivity index (χ3n) is 8.95. The van der Waals surface area contributed by atoms with E-state index in [1.165, 1.54) is 31.5 Å². The summed E-state index contributed by atoms with van der Waals surface area (Å²) in [7, 11) is 2.19. The highest BCUT2D eigenvalue weighted by Crippen LogP contribution is 2.89. The van der Waals surface area contributed by atoms with Crippen LogP contribution >= 0.6 is 0 Å². The molecule has 0 radical (unpaired) electrons. The zero-order valence-corrected chi connectivity index (χ0v) is 19.1. The van der Waals surface area contributed by atoms with Gasteiger partial charge in [-0.15, -0.1) is 13.2 Å². The Morgan fingerprint density at radius 2 is 1.94 bits per heavy atom. The number of fused-ring (bicyclic) bond motifs is 1. The summed E-state index contributed by atoms with van der Waals surface area (Å²) >= 11 is 0. The van der Waals surface area contributed by atoms with Crippen LogP contribution < -0.4 is 10.5 Å². The molecule has 6 aliphatic rings. The number of piperazine rings is 1. The summed E-state index contributed by atoms with van der Waals surface area (Å²) < 4.78 is 45.0. The maximum absolute atomic E-state index is 12.8. The number of likely N-dealkylation sites (N-methyl/N-ethyl adjacent to an activating group) is 1. The van der Waals surface area contributed by atoms with Gasteiger partial charge in [0.25, 0.3) is 0 Å². The zero-order valence-electron chi connectivity index (χ0n) is 19.1. The van der Waals surface area contributed by atoms with Crippen molar-refractivity contribution in [3.8, 4) is 17.0 Å². The van der Waals surface area contributed by atoms with E-state index in [0.29, 0.717) is 35.1 Å². The average molecular weight is 475 g/mol. The number of ether oxygens (including phenoxy) is 1. The van der Waals surface area contributed by atoms with Gasteiger partial charge in [-0.05, 0) is 50.1 Å². The maximum atomic E-state index is 12.8. The topological polar surface area (TPSA) is 72.4 Å². The van der Waals surface area contributed by atoms with Gasteiger partial charge in [-0.25, -0.2) is 9.97 Å². The summed E-state index contributed by atoms with van der Waals surface area (Å²) in [5.74, 6) is 3.08. The molecule has 2 bridgehead atoms. The second kappa shape index (κ2) is 6.87. The summed E-state index contributed by atoms with van der Waals surface area (Å²) in [6, 6.07) is 1.95. The molecule has 10 heteroatoms. The van der Waals surface area contributed by atoms with E-state index in [-0.39, 0.29) is 11.4 Å². The molecular formula is C24H29F3N6O. The lowest BCUT2D eigenvalue weighted by molar-refractivity contribution is -0.274. The standard InChI is InChI=1S/C24H29F3N6O/c1-31-4-6-32(7-5-31)17-10-15-20-21(17)23(15,20)33-12-16(30-19(33)8-13-2-3-13)14-9-18(22(28)29-11-14)34-24(25,26)27/h9,11-13,15,17,20-21H,2-8,10H2,1H3,(H2,28,29)/t15-,17?,20-,21?,23-/m1/s1. The number of hydrogen-bond acceptors (Lipinski definition) is 6. The first-order chi connectivity index (χ1) is 16.3. The van der Waals surface area contributed by atoms with Crippen LogP contribution in [0.25, 0.3) is 11.3 Å². The Balaban J connectivity index is 1.19. The van der Waals surface area contributed by atoms with Crippen LogP contribution in [0.1, 0.15) is 25.1 Å². The molecule has 1 saturated heterocycles. The molecule has 5 aliphatic carbocycles. The third-order valence-corrected chi connectivity index (χ3v) is 8.95. The summed E-state index contributed by atoms with van der Waals surface area (Å²) in [6.45, 7) is 4.52. The van der Waals surface area contributed by atoms with Gasteiger partial charge >= 0.3 is 6.36 Å². The van der Waals surface area contributed by atoms with E-state index >= 15 is 0 Å². The quantitative estimate of drug-likeness (QED) is 0.694. The van der Waals surface area contributed by atoms with E-state index in [1.54, 1.807) is 0 Å². The molecule has 2 N–H and O–H groups in total. The fraction of sp³-hybridized carbons (Fsp3) is 0.667. The Hall–Kier alpha value is -2.33. The minimum atomic E-state index is -4.82. The lowest BCUT2D eigenvalue weighted by Gasteiger charge is -2.36. The molecule has 34 heavy (non-hydrogen) atoms. The Kier molecular flexibility index (Phi) is 4.24. The predicted octanol–water partition coefficient (Wildman–Crippen LogP) is 2.97. The number of rotatable bonds is 6. The van der Waals surface area contributed by atoms with E-state index in [2.05, 4.69) is 37.3 Å². The maximum Gasteiger partial charge on any atom is 0.573 e. The van der Waals surface area contributed by atoms with Gasteiger partial charge in [0.1, 0.15) is 5.82 Å². The molecule has 2 aromatic heterocycles. The minimum Gasteiger partial charge on any atom is -0.402 e. The average Bonchev–Trinajstić information content (AvgIpc) is 3.70. The predicted molar refractivity (Wildman–Crippen MR) is 119 cm³/mol. The number of pyridine rings is 1. The van der Waals surface area contributed by atoms with E-state index in [4.69, 9.17) is 10.7 Å². The van der Waals surface area contributed by atoms with Gasteiger partial charge in [0.2, 0.25) is 0 Å². The number of nitrogens with two attached hydrogens (primary N) is 1. The van der Waals surface area contributed by atoms with E-state index in [0.717, 1.165) is 44.3 Å². The number of imidazole rings is 1. The van der Waals surface area contributed by atoms with Crippen LogP contribution in [0.15, 0.2) is 18.5 Å². The minimum absolute atomic E-state index is 0.177. The number of anilines is 1. The SMILES string of the molecule is CN1CCN(C2C[C@@H]3[C@@H]4C2[C@@]34n2cc(-c3cnc(N)c(OC(F)(F)F)c3)nc2CC2CC2)CC1. The third kappa shape index (κ3) is 3.10. The molecule has 182 valence electrons. The molecule has 3 heterocycles. The Bertz CT molecular complexity index is 1130. The summed E-state index contributed by atoms with van der Waals surface area (Å²) in [5.41, 5.74) is 6.97. The van der Waals surface area contributed by atoms with Crippen LogP contribution in [0.2, 0.25) is 0 Å². The first-order valence-electron chi connectivity index (χ1n) is 12.3. The second-order valence-corrected chi connectivity index (χ2v) is 10.9. The molecule has 0 aromatic carbocycles. The van der Waals surface area contributed by atoms with Gasteiger partial charge in [-0.1, -0.05) is 0 Å². The molecule has 1 aliphatic heterocycles. The fourth-order valence-corrected chi connectivity index (χ4v) is 7.06. The highest BCUT2D eigenvalue weighted by atomic mass is 19.4. The second-order valence-electron chi connectivity index (χ2n) is 10.9. The smallest absolute Gasteiger partial charge is 0.402 e. The number of hydrogen-bond donors (Lipinski definition) is 1. The van der Waals surface area contributed by atoms with Crippen molar-refractivity contribution >= 4 is 5.82 Å². The number of halogens is 3. The molecule has 8 rings (SSSR count). The van der Waals surface area contributed by atoms with Gasteiger partial charge in [0.05, 0.1) is 11.2 Å².